The minimum absolute atomic E-state index is 0.0294. The average Bonchev–Trinajstić information content (AvgIpc) is 3.19. The first-order valence-corrected chi connectivity index (χ1v) is 10.4. The van der Waals surface area contributed by atoms with Gasteiger partial charge in [0.05, 0.1) is 0 Å². The van der Waals surface area contributed by atoms with E-state index in [1.165, 1.54) is 5.56 Å². The summed E-state index contributed by atoms with van der Waals surface area (Å²) in [6.45, 7) is 4.89. The largest absolute Gasteiger partial charge is 0.356 e. The fourth-order valence-electron chi connectivity index (χ4n) is 3.76. The lowest BCUT2D eigenvalue weighted by Crippen LogP contribution is -2.43. The van der Waals surface area contributed by atoms with E-state index in [-0.39, 0.29) is 17.7 Å². The quantitative estimate of drug-likeness (QED) is 0.709. The second-order valence-electron chi connectivity index (χ2n) is 7.57. The number of aromatic nitrogens is 1. The molecule has 0 aliphatic carbocycles. The maximum atomic E-state index is 13.0. The third-order valence-electron chi connectivity index (χ3n) is 5.48. The number of rotatable bonds is 8. The van der Waals surface area contributed by atoms with Crippen LogP contribution in [0.25, 0.3) is 0 Å². The van der Waals surface area contributed by atoms with Gasteiger partial charge in [-0.15, -0.1) is 0 Å². The molecular formula is C23H31N3O2. The Bertz CT molecular complexity index is 761. The Kier molecular flexibility index (Phi) is 7.29. The minimum Gasteiger partial charge on any atom is -0.356 e. The zero-order chi connectivity index (χ0) is 19.8. The monoisotopic (exact) mass is 381 g/mol. The van der Waals surface area contributed by atoms with Gasteiger partial charge < -0.3 is 14.8 Å². The molecule has 2 amide bonds. The van der Waals surface area contributed by atoms with Gasteiger partial charge in [-0.25, -0.2) is 0 Å². The highest BCUT2D eigenvalue weighted by Gasteiger charge is 2.28. The number of nitrogens with zero attached hydrogens (tertiary/aromatic N) is 2. The first kappa shape index (κ1) is 20.2. The summed E-state index contributed by atoms with van der Waals surface area (Å²) in [5.41, 5.74) is 1.89. The number of likely N-dealkylation sites (tertiary alicyclic amines) is 1. The molecular weight excluding hydrogens is 350 g/mol. The molecule has 1 aliphatic heterocycles. The second kappa shape index (κ2) is 10.1. The number of hydrogen-bond donors (Lipinski definition) is 1. The number of amides is 2. The molecule has 1 aromatic carbocycles. The Morgan fingerprint density at radius 3 is 2.50 bits per heavy atom. The zero-order valence-corrected chi connectivity index (χ0v) is 16.8. The van der Waals surface area contributed by atoms with Crippen molar-refractivity contribution in [3.05, 3.63) is 59.9 Å². The van der Waals surface area contributed by atoms with Crippen LogP contribution in [0.5, 0.6) is 0 Å². The van der Waals surface area contributed by atoms with Crippen LogP contribution in [0.4, 0.5) is 0 Å². The number of nitrogens with one attached hydrogen (secondary N) is 1. The van der Waals surface area contributed by atoms with E-state index in [1.54, 1.807) is 0 Å². The van der Waals surface area contributed by atoms with Crippen LogP contribution >= 0.6 is 0 Å². The molecule has 150 valence electrons. The summed E-state index contributed by atoms with van der Waals surface area (Å²) in [4.78, 5) is 27.2. The summed E-state index contributed by atoms with van der Waals surface area (Å²) in [7, 11) is 0. The Hall–Kier alpha value is -2.56. The van der Waals surface area contributed by atoms with Gasteiger partial charge in [-0.3, -0.25) is 9.59 Å². The Morgan fingerprint density at radius 2 is 1.79 bits per heavy atom. The molecule has 2 heterocycles. The van der Waals surface area contributed by atoms with Crippen molar-refractivity contribution in [3.63, 3.8) is 0 Å². The van der Waals surface area contributed by atoms with Crippen molar-refractivity contribution < 1.29 is 9.59 Å². The van der Waals surface area contributed by atoms with E-state index in [2.05, 4.69) is 24.4 Å². The van der Waals surface area contributed by atoms with Gasteiger partial charge in [-0.2, -0.15) is 0 Å². The highest BCUT2D eigenvalue weighted by atomic mass is 16.2. The van der Waals surface area contributed by atoms with Gasteiger partial charge in [0.2, 0.25) is 5.91 Å². The highest BCUT2D eigenvalue weighted by Crippen LogP contribution is 2.20. The molecule has 0 unspecified atom stereocenters. The van der Waals surface area contributed by atoms with Gasteiger partial charge in [-0.1, -0.05) is 50.1 Å². The summed E-state index contributed by atoms with van der Waals surface area (Å²) >= 11 is 0. The Balaban J connectivity index is 1.52. The van der Waals surface area contributed by atoms with E-state index in [0.717, 1.165) is 38.6 Å². The molecule has 1 N–H and O–H groups in total. The van der Waals surface area contributed by atoms with Crippen molar-refractivity contribution in [2.45, 2.75) is 45.6 Å². The highest BCUT2D eigenvalue weighted by molar-refractivity contribution is 5.93. The van der Waals surface area contributed by atoms with Crippen LogP contribution in [-0.4, -0.2) is 40.9 Å². The summed E-state index contributed by atoms with van der Waals surface area (Å²) in [5, 5.41) is 3.05. The number of benzene rings is 1. The molecule has 1 saturated heterocycles. The molecule has 0 saturated carbocycles. The number of carbonyl (C=O) groups excluding carboxylic acids is 2. The molecule has 28 heavy (non-hydrogen) atoms. The smallest absolute Gasteiger partial charge is 0.270 e. The lowest BCUT2D eigenvalue weighted by molar-refractivity contribution is -0.126. The predicted octanol–water partition coefficient (Wildman–Crippen LogP) is 3.70. The molecule has 0 radical (unpaired) electrons. The maximum Gasteiger partial charge on any atom is 0.270 e. The molecule has 1 aromatic heterocycles. The lowest BCUT2D eigenvalue weighted by Gasteiger charge is -2.31. The SMILES string of the molecule is CCCCCNC(=O)C1CCN(C(=O)c2cccn2Cc2ccccc2)CC1. The fraction of sp³-hybridized carbons (Fsp3) is 0.478. The van der Waals surface area contributed by atoms with Crippen molar-refractivity contribution in [3.8, 4) is 0 Å². The normalized spacial score (nSPS) is 14.8. The molecule has 5 heteroatoms. The molecule has 0 bridgehead atoms. The van der Waals surface area contributed by atoms with Crippen LogP contribution < -0.4 is 5.32 Å². The van der Waals surface area contributed by atoms with E-state index >= 15 is 0 Å². The van der Waals surface area contributed by atoms with E-state index in [9.17, 15) is 9.59 Å². The molecule has 2 aromatic rings. The second-order valence-corrected chi connectivity index (χ2v) is 7.57. The zero-order valence-electron chi connectivity index (χ0n) is 16.8. The first-order valence-electron chi connectivity index (χ1n) is 10.4. The molecule has 0 atom stereocenters. The van der Waals surface area contributed by atoms with Gasteiger partial charge in [0.1, 0.15) is 5.69 Å². The van der Waals surface area contributed by atoms with Crippen LogP contribution in [0.3, 0.4) is 0 Å². The lowest BCUT2D eigenvalue weighted by atomic mass is 9.95. The van der Waals surface area contributed by atoms with Crippen molar-refractivity contribution >= 4 is 11.8 Å². The van der Waals surface area contributed by atoms with Crippen molar-refractivity contribution in [1.29, 1.82) is 0 Å². The Labute approximate surface area is 167 Å². The van der Waals surface area contributed by atoms with Gasteiger partial charge in [0.15, 0.2) is 0 Å². The molecule has 1 aliphatic rings. The van der Waals surface area contributed by atoms with E-state index in [1.807, 2.05) is 46.0 Å². The van der Waals surface area contributed by atoms with Crippen molar-refractivity contribution in [2.75, 3.05) is 19.6 Å². The fourth-order valence-corrected chi connectivity index (χ4v) is 3.76. The maximum absolute atomic E-state index is 13.0. The predicted molar refractivity (Wildman–Crippen MR) is 111 cm³/mol. The van der Waals surface area contributed by atoms with E-state index < -0.39 is 0 Å². The van der Waals surface area contributed by atoms with Gasteiger partial charge in [-0.05, 0) is 37.0 Å². The third-order valence-corrected chi connectivity index (χ3v) is 5.48. The van der Waals surface area contributed by atoms with Crippen LogP contribution in [0.1, 0.15) is 55.1 Å². The summed E-state index contributed by atoms with van der Waals surface area (Å²) in [6.07, 6.45) is 6.78. The summed E-state index contributed by atoms with van der Waals surface area (Å²) in [5.74, 6) is 0.236. The average molecular weight is 382 g/mol. The first-order chi connectivity index (χ1) is 13.7. The molecule has 3 rings (SSSR count). The van der Waals surface area contributed by atoms with Gasteiger partial charge in [0.25, 0.3) is 5.91 Å². The van der Waals surface area contributed by atoms with E-state index in [0.29, 0.717) is 25.3 Å². The number of carbonyl (C=O) groups is 2. The Morgan fingerprint density at radius 1 is 1.04 bits per heavy atom. The third kappa shape index (κ3) is 5.24. The summed E-state index contributed by atoms with van der Waals surface area (Å²) in [6, 6.07) is 14.0. The van der Waals surface area contributed by atoms with Crippen molar-refractivity contribution in [1.82, 2.24) is 14.8 Å². The molecule has 1 fully saturated rings. The van der Waals surface area contributed by atoms with E-state index in [4.69, 9.17) is 0 Å². The number of unbranched alkanes of at least 4 members (excludes halogenated alkanes) is 2. The van der Waals surface area contributed by atoms with Crippen LogP contribution in [0.2, 0.25) is 0 Å². The number of piperidine rings is 1. The van der Waals surface area contributed by atoms with Crippen molar-refractivity contribution in [2.24, 2.45) is 5.92 Å². The van der Waals surface area contributed by atoms with Crippen LogP contribution in [-0.2, 0) is 11.3 Å². The van der Waals surface area contributed by atoms with Crippen LogP contribution in [0.15, 0.2) is 48.7 Å². The topological polar surface area (TPSA) is 54.3 Å². The standard InChI is InChI=1S/C23H31N3O2/c1-2-3-7-14-24-22(27)20-12-16-25(17-13-20)23(28)21-11-8-15-26(21)18-19-9-5-4-6-10-19/h4-6,8-11,15,20H,2-3,7,12-14,16-18H2,1H3,(H,24,27). The van der Waals surface area contributed by atoms with Gasteiger partial charge in [0, 0.05) is 38.3 Å². The summed E-state index contributed by atoms with van der Waals surface area (Å²) < 4.78 is 2.00. The van der Waals surface area contributed by atoms with Crippen LogP contribution in [0, 0.1) is 5.92 Å². The number of hydrogen-bond acceptors (Lipinski definition) is 2. The van der Waals surface area contributed by atoms with Gasteiger partial charge >= 0.3 is 0 Å². The molecule has 0 spiro atoms. The molecule has 5 nitrogen and oxygen atoms in total. The minimum atomic E-state index is 0.0294.